The SMILES string of the molecule is [2H]C1([2H])N(c2cc(C)cc(Nc3ncn(-c4cc(F)cc(F)c4)n3)c2)C([2H])([2H])C([2H])([2H])N(C2CCOC2)C1([2H])[2H]. The standard InChI is InChI=1S/C23H26F2N6O/c1-16-8-19(27-23-26-15-31(28-23)22-11-17(24)10-18(25)12-22)13-21(9-16)30-5-3-29(4-6-30)20-2-7-32-14-20/h8-13,15,20H,2-7,14H2,1H3,(H,27,28)/i3D2,4D2,5D2,6D2. The Balaban J connectivity index is 1.51. The van der Waals surface area contributed by atoms with Crippen LogP contribution in [0.1, 0.15) is 23.0 Å². The minimum absolute atomic E-state index is 0.00366. The number of aromatic nitrogens is 3. The lowest BCUT2D eigenvalue weighted by atomic mass is 10.1. The highest BCUT2D eigenvalue weighted by atomic mass is 19.1. The van der Waals surface area contributed by atoms with E-state index in [2.05, 4.69) is 15.4 Å². The van der Waals surface area contributed by atoms with E-state index in [4.69, 9.17) is 15.7 Å². The number of anilines is 3. The van der Waals surface area contributed by atoms with E-state index >= 15 is 0 Å². The Morgan fingerprint density at radius 3 is 2.53 bits per heavy atom. The number of hydrogen-bond donors (Lipinski definition) is 1. The van der Waals surface area contributed by atoms with Gasteiger partial charge in [0.15, 0.2) is 0 Å². The molecule has 168 valence electrons. The Morgan fingerprint density at radius 2 is 1.81 bits per heavy atom. The highest BCUT2D eigenvalue weighted by Crippen LogP contribution is 2.26. The van der Waals surface area contributed by atoms with Crippen molar-refractivity contribution in [3.05, 3.63) is 59.9 Å². The fourth-order valence-electron chi connectivity index (χ4n) is 3.51. The third kappa shape index (κ3) is 4.58. The van der Waals surface area contributed by atoms with Crippen molar-refractivity contribution in [3.8, 4) is 5.69 Å². The summed E-state index contributed by atoms with van der Waals surface area (Å²) in [6.45, 7) is -10.2. The van der Waals surface area contributed by atoms with Crippen molar-refractivity contribution in [1.82, 2.24) is 19.7 Å². The molecule has 9 heteroatoms. The number of nitrogens with zero attached hydrogens (tertiary/aromatic N) is 5. The summed E-state index contributed by atoms with van der Waals surface area (Å²) >= 11 is 0. The van der Waals surface area contributed by atoms with E-state index in [1.165, 1.54) is 18.5 Å². The number of hydrogen-bond acceptors (Lipinski definition) is 6. The highest BCUT2D eigenvalue weighted by Gasteiger charge is 2.27. The van der Waals surface area contributed by atoms with Gasteiger partial charge >= 0.3 is 0 Å². The molecular formula is C23H26F2N6O. The Hall–Kier alpha value is -3.04. The minimum atomic E-state index is -3.03. The molecule has 32 heavy (non-hydrogen) atoms. The topological polar surface area (TPSA) is 58.5 Å². The molecule has 2 fully saturated rings. The number of benzene rings is 2. The third-order valence-corrected chi connectivity index (χ3v) is 5.02. The van der Waals surface area contributed by atoms with Crippen molar-refractivity contribution in [3.63, 3.8) is 0 Å². The van der Waals surface area contributed by atoms with E-state index in [0.717, 1.165) is 22.9 Å². The second-order valence-corrected chi connectivity index (χ2v) is 7.49. The largest absolute Gasteiger partial charge is 0.380 e. The van der Waals surface area contributed by atoms with Crippen molar-refractivity contribution >= 4 is 17.3 Å². The first-order valence-electron chi connectivity index (χ1n) is 14.0. The number of ether oxygens (including phenoxy) is 1. The Labute approximate surface area is 196 Å². The predicted octanol–water partition coefficient (Wildman–Crippen LogP) is 3.51. The molecule has 1 N–H and O–H groups in total. The number of piperazine rings is 1. The zero-order valence-corrected chi connectivity index (χ0v) is 17.1. The first-order chi connectivity index (χ1) is 18.6. The molecule has 0 aliphatic carbocycles. The summed E-state index contributed by atoms with van der Waals surface area (Å²) in [6, 6.07) is 6.35. The van der Waals surface area contributed by atoms with Gasteiger partial charge in [-0.1, -0.05) is 0 Å². The molecule has 2 saturated heterocycles. The van der Waals surface area contributed by atoms with Crippen LogP contribution in [0, 0.1) is 18.6 Å². The van der Waals surface area contributed by atoms with Crippen molar-refractivity contribution in [2.24, 2.45) is 0 Å². The Morgan fingerprint density at radius 1 is 1.03 bits per heavy atom. The van der Waals surface area contributed by atoms with E-state index < -0.39 is 43.7 Å². The third-order valence-electron chi connectivity index (χ3n) is 5.02. The second-order valence-electron chi connectivity index (χ2n) is 7.49. The van der Waals surface area contributed by atoms with Crippen LogP contribution in [0.5, 0.6) is 0 Å². The molecule has 0 amide bonds. The molecule has 7 nitrogen and oxygen atoms in total. The molecule has 1 aromatic heterocycles. The Kier molecular flexibility index (Phi) is 3.73. The highest BCUT2D eigenvalue weighted by molar-refractivity contribution is 5.64. The van der Waals surface area contributed by atoms with Crippen LogP contribution < -0.4 is 10.2 Å². The maximum absolute atomic E-state index is 13.6. The predicted molar refractivity (Wildman–Crippen MR) is 119 cm³/mol. The number of nitrogens with one attached hydrogen (secondary N) is 1. The van der Waals surface area contributed by atoms with Gasteiger partial charge in [0.25, 0.3) is 0 Å². The van der Waals surface area contributed by atoms with E-state index in [0.29, 0.717) is 15.4 Å². The molecule has 0 saturated carbocycles. The van der Waals surface area contributed by atoms with Crippen molar-refractivity contribution in [1.29, 1.82) is 0 Å². The van der Waals surface area contributed by atoms with E-state index in [-0.39, 0.29) is 42.6 Å². The van der Waals surface area contributed by atoms with Crippen LogP contribution in [-0.2, 0) is 4.74 Å². The Bertz CT molecular complexity index is 1380. The zero-order valence-electron chi connectivity index (χ0n) is 25.1. The van der Waals surface area contributed by atoms with Gasteiger partial charge in [0, 0.05) is 61.6 Å². The second kappa shape index (κ2) is 8.84. The smallest absolute Gasteiger partial charge is 0.246 e. The molecule has 3 heterocycles. The summed E-state index contributed by atoms with van der Waals surface area (Å²) in [6.07, 6.45) is 1.45. The van der Waals surface area contributed by atoms with Gasteiger partial charge in [0.1, 0.15) is 18.0 Å². The summed E-state index contributed by atoms with van der Waals surface area (Å²) in [7, 11) is 0. The maximum Gasteiger partial charge on any atom is 0.246 e. The van der Waals surface area contributed by atoms with Gasteiger partial charge in [-0.25, -0.2) is 13.5 Å². The van der Waals surface area contributed by atoms with Gasteiger partial charge in [-0.3, -0.25) is 4.90 Å². The summed E-state index contributed by atoms with van der Waals surface area (Å²) < 4.78 is 103. The van der Waals surface area contributed by atoms with E-state index in [9.17, 15) is 8.78 Å². The molecule has 5 rings (SSSR count). The van der Waals surface area contributed by atoms with Crippen LogP contribution in [0.25, 0.3) is 5.69 Å². The van der Waals surface area contributed by atoms with Gasteiger partial charge in [-0.05, 0) is 49.2 Å². The first-order valence-corrected chi connectivity index (χ1v) is 10.00. The zero-order chi connectivity index (χ0) is 29.3. The molecular weight excluding hydrogens is 414 g/mol. The van der Waals surface area contributed by atoms with Gasteiger partial charge in [-0.2, -0.15) is 4.98 Å². The van der Waals surface area contributed by atoms with Crippen molar-refractivity contribution in [2.45, 2.75) is 19.4 Å². The lowest BCUT2D eigenvalue weighted by Gasteiger charge is -2.38. The molecule has 0 spiro atoms. The van der Waals surface area contributed by atoms with Gasteiger partial charge in [0.2, 0.25) is 5.95 Å². The fraction of sp³-hybridized carbons (Fsp3) is 0.391. The van der Waals surface area contributed by atoms with Crippen molar-refractivity contribution in [2.75, 3.05) is 49.4 Å². The number of rotatable bonds is 5. The molecule has 0 radical (unpaired) electrons. The maximum atomic E-state index is 13.6. The summed E-state index contributed by atoms with van der Waals surface area (Å²) in [4.78, 5) is 5.19. The molecule has 1 atom stereocenters. The van der Waals surface area contributed by atoms with Crippen LogP contribution in [0.3, 0.4) is 0 Å². The fourth-order valence-corrected chi connectivity index (χ4v) is 3.51. The molecule has 2 aliphatic heterocycles. The van der Waals surface area contributed by atoms with Crippen LogP contribution in [0.15, 0.2) is 42.7 Å². The monoisotopic (exact) mass is 448 g/mol. The van der Waals surface area contributed by atoms with Crippen LogP contribution in [-0.4, -0.2) is 64.9 Å². The normalized spacial score (nSPS) is 29.5. The van der Waals surface area contributed by atoms with E-state index in [1.807, 2.05) is 0 Å². The molecule has 3 aromatic rings. The van der Waals surface area contributed by atoms with Crippen LogP contribution in [0.2, 0.25) is 0 Å². The van der Waals surface area contributed by atoms with Crippen LogP contribution >= 0.6 is 0 Å². The van der Waals surface area contributed by atoms with Gasteiger partial charge in [-0.15, -0.1) is 5.10 Å². The number of aryl methyl sites for hydroxylation is 1. The average molecular weight is 449 g/mol. The van der Waals surface area contributed by atoms with Gasteiger partial charge < -0.3 is 15.0 Å². The van der Waals surface area contributed by atoms with Crippen molar-refractivity contribution < 1.29 is 24.5 Å². The average Bonchev–Trinajstić information content (AvgIpc) is 3.49. The summed E-state index contributed by atoms with van der Waals surface area (Å²) in [5.41, 5.74) is 0.738. The summed E-state index contributed by atoms with van der Waals surface area (Å²) in [5, 5.41) is 7.02. The molecule has 2 aliphatic rings. The van der Waals surface area contributed by atoms with Crippen LogP contribution in [0.4, 0.5) is 26.1 Å². The van der Waals surface area contributed by atoms with E-state index in [1.54, 1.807) is 13.0 Å². The first kappa shape index (κ1) is 13.5. The quantitative estimate of drug-likeness (QED) is 0.645. The summed E-state index contributed by atoms with van der Waals surface area (Å²) in [5.74, 6) is -1.59. The lowest BCUT2D eigenvalue weighted by molar-refractivity contribution is 0.139. The minimum Gasteiger partial charge on any atom is -0.380 e. The lowest BCUT2D eigenvalue weighted by Crippen LogP contribution is -2.50. The number of halogens is 2. The molecule has 1 unspecified atom stereocenters. The molecule has 2 aromatic carbocycles. The van der Waals surface area contributed by atoms with Gasteiger partial charge in [0.05, 0.1) is 17.8 Å². The molecule has 0 bridgehead atoms.